The molecule has 196 valence electrons. The highest BCUT2D eigenvalue weighted by atomic mass is 19.1. The molecule has 0 saturated heterocycles. The Morgan fingerprint density at radius 3 is 2.16 bits per heavy atom. The first kappa shape index (κ1) is 26.4. The minimum atomic E-state index is -2.06. The molecular weight excluding hydrogens is 475 g/mol. The van der Waals surface area contributed by atoms with Gasteiger partial charge >= 0.3 is 11.9 Å². The van der Waals surface area contributed by atoms with E-state index in [1.807, 2.05) is 12.1 Å². The van der Waals surface area contributed by atoms with Gasteiger partial charge in [-0.1, -0.05) is 32.8 Å². The average Bonchev–Trinajstić information content (AvgIpc) is 3.22. The molecule has 1 aliphatic rings. The number of nitrogens with zero attached hydrogens (tertiary/aromatic N) is 2. The van der Waals surface area contributed by atoms with Crippen molar-refractivity contribution >= 4 is 34.4 Å². The number of rotatable bonds is 10. The second kappa shape index (κ2) is 10.7. The maximum Gasteiger partial charge on any atom is 0.321 e. The van der Waals surface area contributed by atoms with Gasteiger partial charge < -0.3 is 15.1 Å². The van der Waals surface area contributed by atoms with Gasteiger partial charge in [0.1, 0.15) is 5.82 Å². The summed E-state index contributed by atoms with van der Waals surface area (Å²) in [6.07, 6.45) is 3.80. The summed E-state index contributed by atoms with van der Waals surface area (Å²) in [7, 11) is 0. The van der Waals surface area contributed by atoms with Crippen LogP contribution < -0.4 is 4.90 Å². The Kier molecular flexibility index (Phi) is 7.66. The normalized spacial score (nSPS) is 14.4. The van der Waals surface area contributed by atoms with Gasteiger partial charge in [-0.25, -0.2) is 4.39 Å². The number of benzene rings is 2. The van der Waals surface area contributed by atoms with Crippen molar-refractivity contribution in [2.24, 2.45) is 5.41 Å². The third kappa shape index (κ3) is 4.72. The summed E-state index contributed by atoms with van der Waals surface area (Å²) in [5.74, 6) is -3.87. The first-order valence-electron chi connectivity index (χ1n) is 12.9. The number of carboxylic acid groups (broad SMARTS) is 2. The van der Waals surface area contributed by atoms with Gasteiger partial charge in [-0.2, -0.15) is 0 Å². The van der Waals surface area contributed by atoms with Crippen molar-refractivity contribution in [2.45, 2.75) is 58.8 Å². The zero-order valence-electron chi connectivity index (χ0n) is 21.3. The third-order valence-corrected chi connectivity index (χ3v) is 7.48. The summed E-state index contributed by atoms with van der Waals surface area (Å²) in [5.41, 5.74) is 0.473. The fourth-order valence-electron chi connectivity index (χ4n) is 5.30. The lowest BCUT2D eigenvalue weighted by molar-refractivity contribution is -0.165. The number of hydrogen-bond acceptors (Lipinski definition) is 4. The molecule has 0 amide bonds. The molecule has 3 aromatic rings. The summed E-state index contributed by atoms with van der Waals surface area (Å²) in [4.78, 5) is 40.0. The number of carbonyl (C=O) groups excluding carboxylic acids is 1. The fourth-order valence-corrected chi connectivity index (χ4v) is 5.30. The summed E-state index contributed by atoms with van der Waals surface area (Å²) in [5, 5.41) is 19.6. The first-order valence-corrected chi connectivity index (χ1v) is 12.9. The average molecular weight is 509 g/mol. The van der Waals surface area contributed by atoms with Crippen molar-refractivity contribution in [3.8, 4) is 0 Å². The molecule has 0 unspecified atom stereocenters. The van der Waals surface area contributed by atoms with Crippen molar-refractivity contribution in [3.05, 3.63) is 65.1 Å². The second-order valence-corrected chi connectivity index (χ2v) is 9.81. The molecule has 1 heterocycles. The van der Waals surface area contributed by atoms with Crippen molar-refractivity contribution in [2.75, 3.05) is 18.0 Å². The summed E-state index contributed by atoms with van der Waals surface area (Å²) in [6, 6.07) is 11.7. The standard InChI is InChI=1S/C29H33FN2O5/c1-3-5-16-31(17-6-4-2)20-12-10-19(11-13-20)26(33)32-23-14-15-29(27(34)35,28(36)37)18-21(23)25-22(30)8-7-9-24(25)32/h7-13H,3-6,14-18H2,1-2H3,(H,34,35)(H,36,37). The van der Waals surface area contributed by atoms with E-state index in [2.05, 4.69) is 18.7 Å². The van der Waals surface area contributed by atoms with Crippen molar-refractivity contribution < 1.29 is 29.0 Å². The molecule has 8 heteroatoms. The molecule has 2 aromatic carbocycles. The van der Waals surface area contributed by atoms with Gasteiger partial charge in [0.15, 0.2) is 5.41 Å². The van der Waals surface area contributed by atoms with E-state index in [0.29, 0.717) is 16.8 Å². The number of aromatic nitrogens is 1. The van der Waals surface area contributed by atoms with Crippen LogP contribution >= 0.6 is 0 Å². The van der Waals surface area contributed by atoms with Crippen LogP contribution in [0.5, 0.6) is 0 Å². The summed E-state index contributed by atoms with van der Waals surface area (Å²) in [6.45, 7) is 6.19. The lowest BCUT2D eigenvalue weighted by atomic mass is 9.72. The predicted octanol–water partition coefficient (Wildman–Crippen LogP) is 5.52. The van der Waals surface area contributed by atoms with E-state index in [1.54, 1.807) is 18.2 Å². The number of fused-ring (bicyclic) bond motifs is 3. The molecule has 1 aliphatic carbocycles. The Hall–Kier alpha value is -3.68. The molecule has 0 aliphatic heterocycles. The molecule has 1 aromatic heterocycles. The Morgan fingerprint density at radius 1 is 0.973 bits per heavy atom. The van der Waals surface area contributed by atoms with E-state index in [9.17, 15) is 24.6 Å². The largest absolute Gasteiger partial charge is 0.480 e. The zero-order chi connectivity index (χ0) is 26.7. The molecule has 0 radical (unpaired) electrons. The highest BCUT2D eigenvalue weighted by Crippen LogP contribution is 2.42. The molecule has 7 nitrogen and oxygen atoms in total. The van der Waals surface area contributed by atoms with Crippen molar-refractivity contribution in [1.29, 1.82) is 0 Å². The highest BCUT2D eigenvalue weighted by Gasteiger charge is 2.50. The quantitative estimate of drug-likeness (QED) is 0.350. The number of unbranched alkanes of at least 4 members (excludes halogenated alkanes) is 2. The molecule has 0 fully saturated rings. The smallest absolute Gasteiger partial charge is 0.321 e. The lowest BCUT2D eigenvalue weighted by Crippen LogP contribution is -2.44. The van der Waals surface area contributed by atoms with Gasteiger partial charge in [0, 0.05) is 41.8 Å². The van der Waals surface area contributed by atoms with Crippen LogP contribution in [-0.2, 0) is 22.4 Å². The van der Waals surface area contributed by atoms with E-state index in [4.69, 9.17) is 0 Å². The van der Waals surface area contributed by atoms with Crippen LogP contribution in [-0.4, -0.2) is 45.7 Å². The number of hydrogen-bond donors (Lipinski definition) is 2. The minimum absolute atomic E-state index is 0.0354. The summed E-state index contributed by atoms with van der Waals surface area (Å²) < 4.78 is 16.5. The van der Waals surface area contributed by atoms with Gasteiger partial charge in [-0.05, 0) is 67.6 Å². The first-order chi connectivity index (χ1) is 17.7. The molecule has 0 atom stereocenters. The van der Waals surface area contributed by atoms with Gasteiger partial charge in [-0.3, -0.25) is 19.0 Å². The predicted molar refractivity (Wildman–Crippen MR) is 140 cm³/mol. The maximum atomic E-state index is 15.0. The van der Waals surface area contributed by atoms with Crippen molar-refractivity contribution in [1.82, 2.24) is 4.57 Å². The van der Waals surface area contributed by atoms with Crippen LogP contribution in [0.1, 0.15) is 67.6 Å². The fraction of sp³-hybridized carbons (Fsp3) is 0.414. The molecule has 0 bridgehead atoms. The Bertz CT molecular complexity index is 1310. The molecule has 37 heavy (non-hydrogen) atoms. The third-order valence-electron chi connectivity index (χ3n) is 7.48. The lowest BCUT2D eigenvalue weighted by Gasteiger charge is -2.29. The molecule has 2 N–H and O–H groups in total. The van der Waals surface area contributed by atoms with E-state index >= 15 is 4.39 Å². The van der Waals surface area contributed by atoms with Gasteiger partial charge in [-0.15, -0.1) is 0 Å². The van der Waals surface area contributed by atoms with Crippen molar-refractivity contribution in [3.63, 3.8) is 0 Å². The molecule has 0 spiro atoms. The van der Waals surface area contributed by atoms with Crippen LogP contribution in [0, 0.1) is 11.2 Å². The van der Waals surface area contributed by atoms with Gasteiger partial charge in [0.2, 0.25) is 0 Å². The van der Waals surface area contributed by atoms with Gasteiger partial charge in [0.25, 0.3) is 5.91 Å². The molecule has 0 saturated carbocycles. The number of aliphatic carboxylic acids is 2. The topological polar surface area (TPSA) is 99.8 Å². The summed E-state index contributed by atoms with van der Waals surface area (Å²) >= 11 is 0. The van der Waals surface area contributed by atoms with Crippen LogP contribution in [0.25, 0.3) is 10.9 Å². The van der Waals surface area contributed by atoms with Crippen LogP contribution in [0.2, 0.25) is 0 Å². The zero-order valence-corrected chi connectivity index (χ0v) is 21.3. The Balaban J connectivity index is 1.75. The molecule has 4 rings (SSSR count). The van der Waals surface area contributed by atoms with E-state index < -0.39 is 23.2 Å². The number of halogens is 1. The maximum absolute atomic E-state index is 15.0. The van der Waals surface area contributed by atoms with E-state index in [-0.39, 0.29) is 36.1 Å². The number of carbonyl (C=O) groups is 3. The van der Waals surface area contributed by atoms with Crippen LogP contribution in [0.4, 0.5) is 10.1 Å². The monoisotopic (exact) mass is 508 g/mol. The highest BCUT2D eigenvalue weighted by molar-refractivity contribution is 6.06. The SMILES string of the molecule is CCCCN(CCCC)c1ccc(C(=O)n2c3c(c4c(F)cccc42)CC(C(=O)O)(C(=O)O)CC3)cc1. The second-order valence-electron chi connectivity index (χ2n) is 9.81. The van der Waals surface area contributed by atoms with Crippen LogP contribution in [0.15, 0.2) is 42.5 Å². The molecular formula is C29H33FN2O5. The Labute approximate surface area is 215 Å². The number of anilines is 1. The Morgan fingerprint density at radius 2 is 1.59 bits per heavy atom. The van der Waals surface area contributed by atoms with E-state index in [1.165, 1.54) is 16.7 Å². The van der Waals surface area contributed by atoms with Gasteiger partial charge in [0.05, 0.1) is 5.52 Å². The van der Waals surface area contributed by atoms with Crippen LogP contribution in [0.3, 0.4) is 0 Å². The minimum Gasteiger partial charge on any atom is -0.480 e. The van der Waals surface area contributed by atoms with E-state index in [0.717, 1.165) is 44.5 Å². The number of carboxylic acids is 2.